The van der Waals surface area contributed by atoms with Crippen molar-refractivity contribution in [2.75, 3.05) is 24.3 Å². The third-order valence-electron chi connectivity index (χ3n) is 3.10. The molecule has 1 amide bonds. The zero-order valence-corrected chi connectivity index (χ0v) is 13.5. The van der Waals surface area contributed by atoms with Crippen molar-refractivity contribution in [3.63, 3.8) is 0 Å². The summed E-state index contributed by atoms with van der Waals surface area (Å²) in [5.41, 5.74) is 2.90. The van der Waals surface area contributed by atoms with E-state index >= 15 is 0 Å². The highest BCUT2D eigenvalue weighted by atomic mass is 32.1. The molecule has 0 aliphatic carbocycles. The summed E-state index contributed by atoms with van der Waals surface area (Å²) in [6, 6.07) is 17.4. The molecule has 114 valence electrons. The molecule has 0 aliphatic rings. The van der Waals surface area contributed by atoms with E-state index in [9.17, 15) is 4.79 Å². The zero-order valence-electron chi connectivity index (χ0n) is 12.7. The minimum atomic E-state index is -0.131. The normalized spacial score (nSPS) is 9.91. The molecule has 2 N–H and O–H groups in total. The molecule has 2 aromatic carbocycles. The van der Waals surface area contributed by atoms with E-state index in [0.717, 1.165) is 16.9 Å². The second-order valence-electron chi connectivity index (χ2n) is 5.11. The second kappa shape index (κ2) is 7.56. The number of nitrogens with zero attached hydrogens (tertiary/aromatic N) is 1. The highest BCUT2D eigenvalue weighted by molar-refractivity contribution is 7.80. The van der Waals surface area contributed by atoms with Gasteiger partial charge in [-0.2, -0.15) is 0 Å². The molecule has 4 nitrogen and oxygen atoms in total. The summed E-state index contributed by atoms with van der Waals surface area (Å²) >= 11 is 5.16. The molecular formula is C17H19N3OS. The van der Waals surface area contributed by atoms with E-state index in [1.165, 1.54) is 0 Å². The fourth-order valence-electron chi connectivity index (χ4n) is 1.96. The number of nitrogens with one attached hydrogen (secondary N) is 2. The van der Waals surface area contributed by atoms with Crippen LogP contribution in [0.15, 0.2) is 54.6 Å². The van der Waals surface area contributed by atoms with E-state index in [1.807, 2.05) is 73.6 Å². The maximum atomic E-state index is 11.9. The molecule has 2 aromatic rings. The fraction of sp³-hybridized carbons (Fsp3) is 0.176. The highest BCUT2D eigenvalue weighted by Gasteiger charge is 2.06. The number of benzene rings is 2. The fourth-order valence-corrected chi connectivity index (χ4v) is 2.19. The molecule has 0 saturated heterocycles. The van der Waals surface area contributed by atoms with Crippen LogP contribution in [0, 0.1) is 0 Å². The van der Waals surface area contributed by atoms with E-state index in [4.69, 9.17) is 12.2 Å². The molecular weight excluding hydrogens is 294 g/mol. The van der Waals surface area contributed by atoms with Crippen LogP contribution < -0.4 is 15.5 Å². The van der Waals surface area contributed by atoms with Gasteiger partial charge in [0.1, 0.15) is 0 Å². The number of thiocarbonyl (C=S) groups is 1. The SMILES string of the molecule is CN(C)c1ccc(NC(=S)NC(=O)Cc2ccccc2)cc1. The Balaban J connectivity index is 1.86. The molecule has 22 heavy (non-hydrogen) atoms. The van der Waals surface area contributed by atoms with Crippen LogP contribution in [0.4, 0.5) is 11.4 Å². The Morgan fingerprint density at radius 2 is 1.68 bits per heavy atom. The van der Waals surface area contributed by atoms with Crippen LogP contribution in [0.1, 0.15) is 5.56 Å². The van der Waals surface area contributed by atoms with Crippen LogP contribution in [0.2, 0.25) is 0 Å². The maximum absolute atomic E-state index is 11.9. The monoisotopic (exact) mass is 313 g/mol. The molecule has 0 unspecified atom stereocenters. The predicted molar refractivity (Wildman–Crippen MR) is 95.3 cm³/mol. The van der Waals surface area contributed by atoms with Crippen molar-refractivity contribution in [2.45, 2.75) is 6.42 Å². The number of hydrogen-bond acceptors (Lipinski definition) is 3. The molecule has 0 heterocycles. The first-order valence-corrected chi connectivity index (χ1v) is 7.37. The summed E-state index contributed by atoms with van der Waals surface area (Å²) in [6.45, 7) is 0. The molecule has 0 bridgehead atoms. The average Bonchev–Trinajstić information content (AvgIpc) is 2.48. The molecule has 0 atom stereocenters. The van der Waals surface area contributed by atoms with Crippen LogP contribution >= 0.6 is 12.2 Å². The molecule has 2 rings (SSSR count). The Hall–Kier alpha value is -2.40. The van der Waals surface area contributed by atoms with E-state index in [0.29, 0.717) is 11.5 Å². The first-order chi connectivity index (χ1) is 10.5. The van der Waals surface area contributed by atoms with Crippen molar-refractivity contribution in [3.8, 4) is 0 Å². The Bertz CT molecular complexity index is 639. The minimum absolute atomic E-state index is 0.131. The molecule has 5 heteroatoms. The maximum Gasteiger partial charge on any atom is 0.230 e. The smallest absolute Gasteiger partial charge is 0.230 e. The summed E-state index contributed by atoms with van der Waals surface area (Å²) in [5.74, 6) is -0.131. The van der Waals surface area contributed by atoms with Crippen molar-refractivity contribution in [2.24, 2.45) is 0 Å². The topological polar surface area (TPSA) is 44.4 Å². The van der Waals surface area contributed by atoms with Gasteiger partial charge in [0.25, 0.3) is 0 Å². The third-order valence-corrected chi connectivity index (χ3v) is 3.31. The van der Waals surface area contributed by atoms with Crippen molar-refractivity contribution in [1.29, 1.82) is 0 Å². The quantitative estimate of drug-likeness (QED) is 0.852. The van der Waals surface area contributed by atoms with E-state index in [-0.39, 0.29) is 5.91 Å². The van der Waals surface area contributed by atoms with Gasteiger partial charge in [-0.3, -0.25) is 4.79 Å². The first-order valence-electron chi connectivity index (χ1n) is 6.97. The lowest BCUT2D eigenvalue weighted by Crippen LogP contribution is -2.35. The molecule has 0 aromatic heterocycles. The highest BCUT2D eigenvalue weighted by Crippen LogP contribution is 2.15. The zero-order chi connectivity index (χ0) is 15.9. The Morgan fingerprint density at radius 3 is 2.27 bits per heavy atom. The lowest BCUT2D eigenvalue weighted by Gasteiger charge is -2.14. The van der Waals surface area contributed by atoms with E-state index < -0.39 is 0 Å². The summed E-state index contributed by atoms with van der Waals surface area (Å²) in [7, 11) is 3.97. The largest absolute Gasteiger partial charge is 0.378 e. The lowest BCUT2D eigenvalue weighted by molar-refractivity contribution is -0.119. The van der Waals surface area contributed by atoms with Gasteiger partial charge in [0.15, 0.2) is 5.11 Å². The number of carbonyl (C=O) groups is 1. The van der Waals surface area contributed by atoms with Crippen LogP contribution in [0.5, 0.6) is 0 Å². The second-order valence-corrected chi connectivity index (χ2v) is 5.51. The molecule has 0 radical (unpaired) electrons. The summed E-state index contributed by atoms with van der Waals surface area (Å²) in [6.07, 6.45) is 0.308. The van der Waals surface area contributed by atoms with Gasteiger partial charge in [0, 0.05) is 25.5 Å². The molecule has 0 aliphatic heterocycles. The summed E-state index contributed by atoms with van der Waals surface area (Å²) in [5, 5.41) is 6.00. The van der Waals surface area contributed by atoms with Crippen LogP contribution in [-0.4, -0.2) is 25.1 Å². The van der Waals surface area contributed by atoms with Crippen LogP contribution in [0.3, 0.4) is 0 Å². The number of hydrogen-bond donors (Lipinski definition) is 2. The van der Waals surface area contributed by atoms with Crippen molar-refractivity contribution in [1.82, 2.24) is 5.32 Å². The standard InChI is InChI=1S/C17H19N3OS/c1-20(2)15-10-8-14(9-11-15)18-17(22)19-16(21)12-13-6-4-3-5-7-13/h3-11H,12H2,1-2H3,(H2,18,19,21,22). The number of carbonyl (C=O) groups excluding carboxylic acids is 1. The van der Waals surface area contributed by atoms with E-state index in [1.54, 1.807) is 0 Å². The van der Waals surface area contributed by atoms with Gasteiger partial charge in [-0.1, -0.05) is 30.3 Å². The average molecular weight is 313 g/mol. The van der Waals surface area contributed by atoms with E-state index in [2.05, 4.69) is 10.6 Å². The Morgan fingerprint density at radius 1 is 1.05 bits per heavy atom. The van der Waals surface area contributed by atoms with Gasteiger partial charge in [-0.15, -0.1) is 0 Å². The molecule has 0 spiro atoms. The Kier molecular flexibility index (Phi) is 5.49. The van der Waals surface area contributed by atoms with Crippen molar-refractivity contribution in [3.05, 3.63) is 60.2 Å². The number of amides is 1. The van der Waals surface area contributed by atoms with Crippen molar-refractivity contribution >= 4 is 34.6 Å². The Labute approximate surface area is 136 Å². The van der Waals surface area contributed by atoms with Crippen LogP contribution in [-0.2, 0) is 11.2 Å². The van der Waals surface area contributed by atoms with Gasteiger partial charge < -0.3 is 15.5 Å². The van der Waals surface area contributed by atoms with Gasteiger partial charge in [0.2, 0.25) is 5.91 Å². The van der Waals surface area contributed by atoms with Gasteiger partial charge in [0.05, 0.1) is 6.42 Å². The molecule has 0 fully saturated rings. The third kappa shape index (κ3) is 4.86. The van der Waals surface area contributed by atoms with Crippen molar-refractivity contribution < 1.29 is 4.79 Å². The molecule has 0 saturated carbocycles. The first kappa shape index (κ1) is 16.0. The minimum Gasteiger partial charge on any atom is -0.378 e. The summed E-state index contributed by atoms with van der Waals surface area (Å²) in [4.78, 5) is 13.9. The predicted octanol–water partition coefficient (Wildman–Crippen LogP) is 2.81. The van der Waals surface area contributed by atoms with Gasteiger partial charge in [-0.25, -0.2) is 0 Å². The number of anilines is 2. The van der Waals surface area contributed by atoms with Gasteiger partial charge in [-0.05, 0) is 42.0 Å². The number of rotatable bonds is 4. The van der Waals surface area contributed by atoms with Gasteiger partial charge >= 0.3 is 0 Å². The van der Waals surface area contributed by atoms with Crippen LogP contribution in [0.25, 0.3) is 0 Å². The summed E-state index contributed by atoms with van der Waals surface area (Å²) < 4.78 is 0. The lowest BCUT2D eigenvalue weighted by atomic mass is 10.1.